The predicted octanol–water partition coefficient (Wildman–Crippen LogP) is 3.99. The first-order valence-electron chi connectivity index (χ1n) is 8.56. The van der Waals surface area contributed by atoms with Crippen molar-refractivity contribution in [1.29, 1.82) is 0 Å². The lowest BCUT2D eigenvalue weighted by Crippen LogP contribution is -2.26. The van der Waals surface area contributed by atoms with Crippen molar-refractivity contribution in [2.24, 2.45) is 0 Å². The number of aryl methyl sites for hydroxylation is 1. The monoisotopic (exact) mass is 482 g/mol. The summed E-state index contributed by atoms with van der Waals surface area (Å²) >= 11 is 4.76. The van der Waals surface area contributed by atoms with Crippen LogP contribution in [0.4, 0.5) is 11.4 Å². The maximum Gasteiger partial charge on any atom is 0.237 e. The first-order chi connectivity index (χ1) is 13.2. The summed E-state index contributed by atoms with van der Waals surface area (Å²) in [5, 5.41) is 5.21. The van der Waals surface area contributed by atoms with Crippen LogP contribution in [-0.4, -0.2) is 31.2 Å². The summed E-state index contributed by atoms with van der Waals surface area (Å²) in [5.74, 6) is -0.864. The fourth-order valence-corrected chi connectivity index (χ4v) is 5.45. The van der Waals surface area contributed by atoms with Gasteiger partial charge >= 0.3 is 0 Å². The lowest BCUT2D eigenvalue weighted by atomic mass is 10.2. The second-order valence-electron chi connectivity index (χ2n) is 6.51. The highest BCUT2D eigenvalue weighted by molar-refractivity contribution is 9.10. The van der Waals surface area contributed by atoms with Gasteiger partial charge < -0.3 is 10.6 Å². The zero-order chi connectivity index (χ0) is 20.5. The zero-order valence-electron chi connectivity index (χ0n) is 15.3. The Bertz CT molecular complexity index is 1050. The van der Waals surface area contributed by atoms with Gasteiger partial charge in [-0.1, -0.05) is 6.07 Å². The van der Waals surface area contributed by atoms with Crippen LogP contribution in [0.3, 0.4) is 0 Å². The minimum Gasteiger partial charge on any atom is -0.325 e. The fourth-order valence-electron chi connectivity index (χ4n) is 2.66. The third kappa shape index (κ3) is 4.76. The lowest BCUT2D eigenvalue weighted by molar-refractivity contribution is -0.116. The molecular formula is C19H19BrN2O4S2. The second-order valence-corrected chi connectivity index (χ2v) is 10.9. The van der Waals surface area contributed by atoms with Gasteiger partial charge in [0, 0.05) is 15.8 Å². The number of fused-ring (bicyclic) bond motifs is 1. The highest BCUT2D eigenvalue weighted by atomic mass is 79.9. The van der Waals surface area contributed by atoms with Gasteiger partial charge in [0.2, 0.25) is 11.8 Å². The van der Waals surface area contributed by atoms with E-state index in [0.717, 1.165) is 14.9 Å². The molecule has 3 rings (SSSR count). The molecule has 2 aromatic carbocycles. The third-order valence-electron chi connectivity index (χ3n) is 4.24. The number of thioether (sulfide) groups is 1. The number of carbonyl (C=O) groups excluding carboxylic acids is 2. The number of nitrogens with one attached hydrogen (secondary N) is 2. The molecule has 1 aliphatic rings. The van der Waals surface area contributed by atoms with Crippen LogP contribution in [0.15, 0.2) is 50.7 Å². The van der Waals surface area contributed by atoms with Crippen molar-refractivity contribution >= 4 is 60.7 Å². The first-order valence-corrected chi connectivity index (χ1v) is 11.9. The molecule has 0 aliphatic carbocycles. The average Bonchev–Trinajstić information content (AvgIpc) is 2.63. The van der Waals surface area contributed by atoms with Gasteiger partial charge in [0.05, 0.1) is 27.3 Å². The van der Waals surface area contributed by atoms with Gasteiger partial charge in [-0.05, 0) is 65.7 Å². The standard InChI is InChI=1S/C19H19BrN2O4S2/c1-11-3-5-15(14(20)9-11)21-18(23)7-8-28(25,26)13-4-6-17-16(10-13)22-19(24)12(2)27-17/h3-6,9-10,12H,7-8H2,1-2H3,(H,21,23)(H,22,24). The first kappa shape index (κ1) is 20.9. The van der Waals surface area contributed by atoms with Gasteiger partial charge in [-0.15, -0.1) is 11.8 Å². The Labute approximate surface area is 176 Å². The summed E-state index contributed by atoms with van der Waals surface area (Å²) in [4.78, 5) is 24.9. The van der Waals surface area contributed by atoms with Crippen molar-refractivity contribution < 1.29 is 18.0 Å². The number of rotatable bonds is 5. The highest BCUT2D eigenvalue weighted by Crippen LogP contribution is 2.37. The normalized spacial score (nSPS) is 16.2. The van der Waals surface area contributed by atoms with E-state index in [4.69, 9.17) is 0 Å². The van der Waals surface area contributed by atoms with Gasteiger partial charge in [0.15, 0.2) is 9.84 Å². The topological polar surface area (TPSA) is 92.3 Å². The molecule has 0 saturated heterocycles. The summed E-state index contributed by atoms with van der Waals surface area (Å²) < 4.78 is 26.0. The van der Waals surface area contributed by atoms with Gasteiger partial charge in [-0.25, -0.2) is 8.42 Å². The number of anilines is 2. The Morgan fingerprint density at radius 3 is 2.71 bits per heavy atom. The predicted molar refractivity (Wildman–Crippen MR) is 115 cm³/mol. The van der Waals surface area contributed by atoms with Crippen LogP contribution < -0.4 is 10.6 Å². The minimum absolute atomic E-state index is 0.0889. The van der Waals surface area contributed by atoms with Gasteiger partial charge in [-0.2, -0.15) is 0 Å². The number of benzene rings is 2. The van der Waals surface area contributed by atoms with Crippen LogP contribution in [0.1, 0.15) is 18.9 Å². The average molecular weight is 483 g/mol. The number of halogens is 1. The van der Waals surface area contributed by atoms with Crippen molar-refractivity contribution in [2.45, 2.75) is 35.3 Å². The molecule has 0 bridgehead atoms. The Kier molecular flexibility index (Phi) is 6.16. The molecule has 1 heterocycles. The van der Waals surface area contributed by atoms with E-state index < -0.39 is 9.84 Å². The van der Waals surface area contributed by atoms with Gasteiger partial charge in [0.1, 0.15) is 0 Å². The molecular weight excluding hydrogens is 464 g/mol. The molecule has 148 valence electrons. The SMILES string of the molecule is Cc1ccc(NC(=O)CCS(=O)(=O)c2ccc3c(c2)NC(=O)C(C)S3)c(Br)c1. The summed E-state index contributed by atoms with van der Waals surface area (Å²) in [6, 6.07) is 10.1. The van der Waals surface area contributed by atoms with Crippen molar-refractivity contribution in [3.63, 3.8) is 0 Å². The summed E-state index contributed by atoms with van der Waals surface area (Å²) in [5.41, 5.74) is 2.12. The Morgan fingerprint density at radius 1 is 1.25 bits per heavy atom. The minimum atomic E-state index is -3.66. The molecule has 2 N–H and O–H groups in total. The van der Waals surface area contributed by atoms with Crippen LogP contribution in [0, 0.1) is 6.92 Å². The van der Waals surface area contributed by atoms with E-state index in [1.807, 2.05) is 19.1 Å². The van der Waals surface area contributed by atoms with E-state index in [1.165, 1.54) is 23.9 Å². The smallest absolute Gasteiger partial charge is 0.237 e. The molecule has 2 aromatic rings. The molecule has 28 heavy (non-hydrogen) atoms. The van der Waals surface area contributed by atoms with E-state index in [-0.39, 0.29) is 34.1 Å². The van der Waals surface area contributed by atoms with Crippen LogP contribution in [0.25, 0.3) is 0 Å². The third-order valence-corrected chi connectivity index (χ3v) is 7.78. The zero-order valence-corrected chi connectivity index (χ0v) is 18.5. The molecule has 0 radical (unpaired) electrons. The molecule has 2 amide bonds. The van der Waals surface area contributed by atoms with Crippen LogP contribution in [-0.2, 0) is 19.4 Å². The van der Waals surface area contributed by atoms with E-state index in [0.29, 0.717) is 11.4 Å². The quantitative estimate of drug-likeness (QED) is 0.671. The number of sulfone groups is 1. The lowest BCUT2D eigenvalue weighted by Gasteiger charge is -2.21. The van der Waals surface area contributed by atoms with Crippen molar-refractivity contribution in [1.82, 2.24) is 0 Å². The molecule has 0 spiro atoms. The molecule has 1 atom stereocenters. The van der Waals surface area contributed by atoms with Crippen molar-refractivity contribution in [3.8, 4) is 0 Å². The molecule has 0 fully saturated rings. The fraction of sp³-hybridized carbons (Fsp3) is 0.263. The maximum atomic E-state index is 12.6. The summed E-state index contributed by atoms with van der Waals surface area (Å²) in [7, 11) is -3.66. The highest BCUT2D eigenvalue weighted by Gasteiger charge is 2.25. The molecule has 1 aliphatic heterocycles. The summed E-state index contributed by atoms with van der Waals surface area (Å²) in [6.07, 6.45) is -0.169. The number of hydrogen-bond acceptors (Lipinski definition) is 5. The van der Waals surface area contributed by atoms with Crippen molar-refractivity contribution in [2.75, 3.05) is 16.4 Å². The van der Waals surface area contributed by atoms with Crippen LogP contribution >= 0.6 is 27.7 Å². The Morgan fingerprint density at radius 2 is 2.00 bits per heavy atom. The second kappa shape index (κ2) is 8.26. The van der Waals surface area contributed by atoms with E-state index in [9.17, 15) is 18.0 Å². The number of amides is 2. The molecule has 0 aromatic heterocycles. The van der Waals surface area contributed by atoms with Crippen molar-refractivity contribution in [3.05, 3.63) is 46.4 Å². The molecule has 9 heteroatoms. The number of hydrogen-bond donors (Lipinski definition) is 2. The summed E-state index contributed by atoms with van der Waals surface area (Å²) in [6.45, 7) is 3.72. The van der Waals surface area contributed by atoms with E-state index >= 15 is 0 Å². The van der Waals surface area contributed by atoms with Gasteiger partial charge in [-0.3, -0.25) is 9.59 Å². The van der Waals surface area contributed by atoms with E-state index in [2.05, 4.69) is 26.6 Å². The number of carbonyl (C=O) groups is 2. The van der Waals surface area contributed by atoms with Crippen LogP contribution in [0.5, 0.6) is 0 Å². The van der Waals surface area contributed by atoms with E-state index in [1.54, 1.807) is 19.1 Å². The maximum absolute atomic E-state index is 12.6. The van der Waals surface area contributed by atoms with Crippen LogP contribution in [0.2, 0.25) is 0 Å². The Balaban J connectivity index is 1.68. The molecule has 0 saturated carbocycles. The Hall–Kier alpha value is -1.84. The van der Waals surface area contributed by atoms with Gasteiger partial charge in [0.25, 0.3) is 0 Å². The molecule has 1 unspecified atom stereocenters. The largest absolute Gasteiger partial charge is 0.325 e. The molecule has 6 nitrogen and oxygen atoms in total.